The maximum Gasteiger partial charge on any atom is 0.256 e. The molecule has 1 aliphatic heterocycles. The van der Waals surface area contributed by atoms with Crippen molar-refractivity contribution in [1.82, 2.24) is 19.7 Å². The van der Waals surface area contributed by atoms with E-state index < -0.39 is 0 Å². The fourth-order valence-electron chi connectivity index (χ4n) is 4.26. The highest BCUT2D eigenvalue weighted by molar-refractivity contribution is 6.05. The highest BCUT2D eigenvalue weighted by atomic mass is 16.2. The number of amides is 1. The van der Waals surface area contributed by atoms with E-state index in [1.807, 2.05) is 65.2 Å². The standard InChI is InChI=1S/C24H22N4O/c1-27-21-13-16-28(15-12-19(21)23(26-27)18-7-3-2-4-8-18)24(29)20-11-5-9-17-10-6-14-25-22(17)20/h2-11,14H,12-13,15-16H2,1H3. The van der Waals surface area contributed by atoms with Crippen LogP contribution in [0.1, 0.15) is 21.6 Å². The van der Waals surface area contributed by atoms with E-state index >= 15 is 0 Å². The molecule has 4 aromatic rings. The van der Waals surface area contributed by atoms with Gasteiger partial charge in [-0.1, -0.05) is 48.5 Å². The maximum atomic E-state index is 13.3. The summed E-state index contributed by atoms with van der Waals surface area (Å²) < 4.78 is 1.98. The zero-order valence-electron chi connectivity index (χ0n) is 16.4. The molecule has 0 unspecified atom stereocenters. The zero-order valence-corrected chi connectivity index (χ0v) is 16.4. The number of fused-ring (bicyclic) bond motifs is 2. The van der Waals surface area contributed by atoms with Crippen molar-refractivity contribution in [2.45, 2.75) is 12.8 Å². The van der Waals surface area contributed by atoms with Crippen molar-refractivity contribution in [3.63, 3.8) is 0 Å². The molecular formula is C24H22N4O. The molecule has 0 spiro atoms. The van der Waals surface area contributed by atoms with Crippen molar-refractivity contribution in [2.75, 3.05) is 13.1 Å². The molecule has 144 valence electrons. The van der Waals surface area contributed by atoms with Crippen LogP contribution in [0, 0.1) is 0 Å². The molecule has 5 heteroatoms. The van der Waals surface area contributed by atoms with Crippen LogP contribution in [0.2, 0.25) is 0 Å². The van der Waals surface area contributed by atoms with Crippen LogP contribution in [-0.4, -0.2) is 38.7 Å². The maximum absolute atomic E-state index is 13.3. The number of aromatic nitrogens is 3. The van der Waals surface area contributed by atoms with E-state index in [0.717, 1.165) is 35.0 Å². The molecule has 0 radical (unpaired) electrons. The number of hydrogen-bond acceptors (Lipinski definition) is 3. The first-order chi connectivity index (χ1) is 14.2. The lowest BCUT2D eigenvalue weighted by Gasteiger charge is -2.21. The Labute approximate surface area is 169 Å². The SMILES string of the molecule is Cn1nc(-c2ccccc2)c2c1CCN(C(=O)c1cccc3cccnc13)CC2. The Kier molecular flexibility index (Phi) is 4.35. The lowest BCUT2D eigenvalue weighted by molar-refractivity contribution is 0.0764. The number of carbonyl (C=O) groups excluding carboxylic acids is 1. The summed E-state index contributed by atoms with van der Waals surface area (Å²) >= 11 is 0. The Balaban J connectivity index is 1.46. The molecule has 5 nitrogen and oxygen atoms in total. The number of aryl methyl sites for hydroxylation is 1. The molecule has 0 N–H and O–H groups in total. The summed E-state index contributed by atoms with van der Waals surface area (Å²) in [5.74, 6) is 0.0522. The number of hydrogen-bond donors (Lipinski definition) is 0. The third kappa shape index (κ3) is 3.09. The first kappa shape index (κ1) is 17.6. The molecule has 1 amide bonds. The van der Waals surface area contributed by atoms with Crippen molar-refractivity contribution < 1.29 is 4.79 Å². The highest BCUT2D eigenvalue weighted by Crippen LogP contribution is 2.28. The average Bonchev–Trinajstić information content (AvgIpc) is 2.94. The summed E-state index contributed by atoms with van der Waals surface area (Å²) in [5.41, 5.74) is 6.08. The van der Waals surface area contributed by atoms with Gasteiger partial charge in [-0.15, -0.1) is 0 Å². The fraction of sp³-hybridized carbons (Fsp3) is 0.208. The number of pyridine rings is 1. The van der Waals surface area contributed by atoms with Gasteiger partial charge in [0.05, 0.1) is 16.8 Å². The number of nitrogens with zero attached hydrogens (tertiary/aromatic N) is 4. The minimum absolute atomic E-state index is 0.0522. The summed E-state index contributed by atoms with van der Waals surface area (Å²) in [6.07, 6.45) is 3.35. The molecule has 2 aromatic heterocycles. The molecule has 1 aliphatic rings. The lowest BCUT2D eigenvalue weighted by Crippen LogP contribution is -2.33. The van der Waals surface area contributed by atoms with Crippen LogP contribution >= 0.6 is 0 Å². The summed E-state index contributed by atoms with van der Waals surface area (Å²) in [5, 5.41) is 5.77. The van der Waals surface area contributed by atoms with Gasteiger partial charge in [0.1, 0.15) is 0 Å². The van der Waals surface area contributed by atoms with Crippen LogP contribution in [0.4, 0.5) is 0 Å². The Morgan fingerprint density at radius 3 is 2.59 bits per heavy atom. The molecule has 0 saturated carbocycles. The molecule has 0 atom stereocenters. The van der Waals surface area contributed by atoms with E-state index in [-0.39, 0.29) is 5.91 Å². The largest absolute Gasteiger partial charge is 0.338 e. The van der Waals surface area contributed by atoms with Crippen LogP contribution in [0.25, 0.3) is 22.2 Å². The van der Waals surface area contributed by atoms with Gasteiger partial charge in [0.2, 0.25) is 0 Å². The minimum Gasteiger partial charge on any atom is -0.338 e. The van der Waals surface area contributed by atoms with Crippen LogP contribution < -0.4 is 0 Å². The predicted molar refractivity (Wildman–Crippen MR) is 114 cm³/mol. The van der Waals surface area contributed by atoms with Crippen LogP contribution in [0.3, 0.4) is 0 Å². The van der Waals surface area contributed by atoms with Crippen molar-refractivity contribution >= 4 is 16.8 Å². The van der Waals surface area contributed by atoms with Gasteiger partial charge in [-0.3, -0.25) is 14.5 Å². The zero-order chi connectivity index (χ0) is 19.8. The second-order valence-corrected chi connectivity index (χ2v) is 7.44. The molecule has 29 heavy (non-hydrogen) atoms. The fourth-order valence-corrected chi connectivity index (χ4v) is 4.26. The van der Waals surface area contributed by atoms with Gasteiger partial charge in [-0.25, -0.2) is 0 Å². The van der Waals surface area contributed by atoms with Crippen molar-refractivity contribution in [3.05, 3.63) is 83.7 Å². The van der Waals surface area contributed by atoms with E-state index in [4.69, 9.17) is 5.10 Å². The predicted octanol–water partition coefficient (Wildman–Crippen LogP) is 3.88. The smallest absolute Gasteiger partial charge is 0.256 e. The van der Waals surface area contributed by atoms with Gasteiger partial charge >= 0.3 is 0 Å². The van der Waals surface area contributed by atoms with Gasteiger partial charge in [-0.05, 0) is 18.6 Å². The van der Waals surface area contributed by atoms with Crippen LogP contribution in [-0.2, 0) is 19.9 Å². The molecule has 0 bridgehead atoms. The number of para-hydroxylation sites is 1. The van der Waals surface area contributed by atoms with E-state index in [1.54, 1.807) is 6.20 Å². The topological polar surface area (TPSA) is 51.0 Å². The van der Waals surface area contributed by atoms with Gasteiger partial charge in [0, 0.05) is 55.0 Å². The van der Waals surface area contributed by atoms with E-state index in [2.05, 4.69) is 17.1 Å². The van der Waals surface area contributed by atoms with Gasteiger partial charge < -0.3 is 4.90 Å². The number of rotatable bonds is 2. The van der Waals surface area contributed by atoms with E-state index in [0.29, 0.717) is 18.7 Å². The third-order valence-corrected chi connectivity index (χ3v) is 5.72. The first-order valence-electron chi connectivity index (χ1n) is 9.95. The summed E-state index contributed by atoms with van der Waals surface area (Å²) in [6, 6.07) is 20.0. The molecule has 0 aliphatic carbocycles. The van der Waals surface area contributed by atoms with Crippen molar-refractivity contribution in [2.24, 2.45) is 7.05 Å². The van der Waals surface area contributed by atoms with Crippen molar-refractivity contribution in [3.8, 4) is 11.3 Å². The number of carbonyl (C=O) groups is 1. The number of benzene rings is 2. The highest BCUT2D eigenvalue weighted by Gasteiger charge is 2.26. The lowest BCUT2D eigenvalue weighted by atomic mass is 10.0. The Bertz CT molecular complexity index is 1190. The Morgan fingerprint density at radius 2 is 1.72 bits per heavy atom. The van der Waals surface area contributed by atoms with E-state index in [1.165, 1.54) is 11.3 Å². The van der Waals surface area contributed by atoms with Gasteiger partial charge in [0.15, 0.2) is 0 Å². The van der Waals surface area contributed by atoms with Crippen molar-refractivity contribution in [1.29, 1.82) is 0 Å². The summed E-state index contributed by atoms with van der Waals surface area (Å²) in [4.78, 5) is 19.8. The Hall–Kier alpha value is -3.47. The average molecular weight is 382 g/mol. The minimum atomic E-state index is 0.0522. The summed E-state index contributed by atoms with van der Waals surface area (Å²) in [7, 11) is 2.00. The second kappa shape index (κ2) is 7.17. The molecular weight excluding hydrogens is 360 g/mol. The van der Waals surface area contributed by atoms with Crippen LogP contribution in [0.5, 0.6) is 0 Å². The van der Waals surface area contributed by atoms with Gasteiger partial charge in [0.25, 0.3) is 5.91 Å². The van der Waals surface area contributed by atoms with Crippen LogP contribution in [0.15, 0.2) is 66.9 Å². The molecule has 3 heterocycles. The summed E-state index contributed by atoms with van der Waals surface area (Å²) in [6.45, 7) is 1.36. The van der Waals surface area contributed by atoms with E-state index in [9.17, 15) is 4.79 Å². The van der Waals surface area contributed by atoms with Gasteiger partial charge in [-0.2, -0.15) is 5.10 Å². The quantitative estimate of drug-likeness (QED) is 0.529. The monoisotopic (exact) mass is 382 g/mol. The third-order valence-electron chi connectivity index (χ3n) is 5.72. The molecule has 0 fully saturated rings. The molecule has 2 aromatic carbocycles. The molecule has 0 saturated heterocycles. The normalized spacial score (nSPS) is 13.9. The molecule has 5 rings (SSSR count). The Morgan fingerprint density at radius 1 is 0.931 bits per heavy atom. The first-order valence-corrected chi connectivity index (χ1v) is 9.95. The second-order valence-electron chi connectivity index (χ2n) is 7.44.